The van der Waals surface area contributed by atoms with Crippen LogP contribution in [-0.2, 0) is 5.41 Å². The number of nitrogens with zero attached hydrogens (tertiary/aromatic N) is 3. The highest BCUT2D eigenvalue weighted by Crippen LogP contribution is 2.35. The van der Waals surface area contributed by atoms with Crippen molar-refractivity contribution in [3.05, 3.63) is 57.9 Å². The molecule has 0 aliphatic carbocycles. The SMILES string of the molecule is CCN1CCC(C)(c2cc(=O)n3[nH]c(C)c(-c4ccc(F)cc4)c3n2)CC1. The Labute approximate surface area is 157 Å². The molecule has 4 rings (SSSR count). The molecule has 0 amide bonds. The van der Waals surface area contributed by atoms with E-state index in [1.54, 1.807) is 18.2 Å². The lowest BCUT2D eigenvalue weighted by atomic mass is 9.77. The minimum absolute atomic E-state index is 0.106. The summed E-state index contributed by atoms with van der Waals surface area (Å²) in [7, 11) is 0. The van der Waals surface area contributed by atoms with Crippen molar-refractivity contribution < 1.29 is 4.39 Å². The molecule has 0 atom stereocenters. The normalized spacial score (nSPS) is 17.5. The minimum Gasteiger partial charge on any atom is -0.304 e. The van der Waals surface area contributed by atoms with Crippen LogP contribution in [0.2, 0.25) is 0 Å². The van der Waals surface area contributed by atoms with Gasteiger partial charge in [0.2, 0.25) is 0 Å². The number of halogens is 1. The topological polar surface area (TPSA) is 53.4 Å². The Bertz CT molecular complexity index is 1030. The maximum atomic E-state index is 13.3. The number of aromatic amines is 1. The third kappa shape index (κ3) is 3.08. The van der Waals surface area contributed by atoms with Gasteiger partial charge in [0.1, 0.15) is 5.82 Å². The van der Waals surface area contributed by atoms with E-state index in [0.717, 1.165) is 55.0 Å². The van der Waals surface area contributed by atoms with Gasteiger partial charge < -0.3 is 4.90 Å². The quantitative estimate of drug-likeness (QED) is 0.770. The van der Waals surface area contributed by atoms with Crippen LogP contribution in [0.4, 0.5) is 4.39 Å². The lowest BCUT2D eigenvalue weighted by Gasteiger charge is -2.38. The van der Waals surface area contributed by atoms with Crippen LogP contribution in [0, 0.1) is 12.7 Å². The van der Waals surface area contributed by atoms with E-state index >= 15 is 0 Å². The fourth-order valence-electron chi connectivity index (χ4n) is 4.04. The highest BCUT2D eigenvalue weighted by atomic mass is 19.1. The molecular formula is C21H25FN4O. The van der Waals surface area contributed by atoms with Crippen molar-refractivity contribution in [3.8, 4) is 11.1 Å². The molecule has 142 valence electrons. The molecular weight excluding hydrogens is 343 g/mol. The molecule has 2 aromatic heterocycles. The molecule has 0 spiro atoms. The summed E-state index contributed by atoms with van der Waals surface area (Å²) in [5, 5.41) is 3.11. The zero-order chi connectivity index (χ0) is 19.2. The van der Waals surface area contributed by atoms with Crippen LogP contribution in [0.5, 0.6) is 0 Å². The number of nitrogens with one attached hydrogen (secondary N) is 1. The van der Waals surface area contributed by atoms with Crippen molar-refractivity contribution in [2.75, 3.05) is 19.6 Å². The van der Waals surface area contributed by atoms with Gasteiger partial charge in [0.25, 0.3) is 5.56 Å². The smallest absolute Gasteiger partial charge is 0.272 e. The molecule has 27 heavy (non-hydrogen) atoms. The van der Waals surface area contributed by atoms with Crippen molar-refractivity contribution in [1.29, 1.82) is 0 Å². The van der Waals surface area contributed by atoms with Gasteiger partial charge in [0.15, 0.2) is 5.65 Å². The van der Waals surface area contributed by atoms with E-state index < -0.39 is 0 Å². The van der Waals surface area contributed by atoms with E-state index in [-0.39, 0.29) is 16.8 Å². The zero-order valence-corrected chi connectivity index (χ0v) is 16.1. The summed E-state index contributed by atoms with van der Waals surface area (Å²) in [6.07, 6.45) is 1.97. The highest BCUT2D eigenvalue weighted by molar-refractivity contribution is 5.79. The van der Waals surface area contributed by atoms with Gasteiger partial charge in [-0.25, -0.2) is 13.9 Å². The maximum Gasteiger partial charge on any atom is 0.272 e. The van der Waals surface area contributed by atoms with Crippen molar-refractivity contribution in [2.24, 2.45) is 0 Å². The number of H-pyrrole nitrogens is 1. The molecule has 1 N–H and O–H groups in total. The number of aryl methyl sites for hydroxylation is 1. The van der Waals surface area contributed by atoms with E-state index in [4.69, 9.17) is 4.98 Å². The zero-order valence-electron chi connectivity index (χ0n) is 16.1. The molecule has 1 aromatic carbocycles. The molecule has 3 heterocycles. The van der Waals surface area contributed by atoms with Crippen molar-refractivity contribution in [3.63, 3.8) is 0 Å². The summed E-state index contributed by atoms with van der Waals surface area (Å²) in [6.45, 7) is 9.38. The van der Waals surface area contributed by atoms with Crippen LogP contribution in [0.25, 0.3) is 16.8 Å². The molecule has 1 saturated heterocycles. The Kier molecular flexibility index (Phi) is 4.38. The second-order valence-corrected chi connectivity index (χ2v) is 7.75. The lowest BCUT2D eigenvalue weighted by molar-refractivity contribution is 0.173. The third-order valence-corrected chi connectivity index (χ3v) is 5.95. The largest absolute Gasteiger partial charge is 0.304 e. The molecule has 5 nitrogen and oxygen atoms in total. The number of hydrogen-bond acceptors (Lipinski definition) is 3. The number of rotatable bonds is 3. The molecule has 1 aliphatic heterocycles. The Morgan fingerprint density at radius 3 is 2.52 bits per heavy atom. The first-order chi connectivity index (χ1) is 12.9. The molecule has 0 radical (unpaired) electrons. The number of piperidine rings is 1. The van der Waals surface area contributed by atoms with Crippen LogP contribution in [0.15, 0.2) is 35.1 Å². The van der Waals surface area contributed by atoms with E-state index in [9.17, 15) is 9.18 Å². The first-order valence-electron chi connectivity index (χ1n) is 9.52. The van der Waals surface area contributed by atoms with Gasteiger partial charge in [0.05, 0.1) is 5.69 Å². The summed E-state index contributed by atoms with van der Waals surface area (Å²) in [5.74, 6) is -0.280. The fourth-order valence-corrected chi connectivity index (χ4v) is 4.04. The molecule has 3 aromatic rings. The molecule has 1 fully saturated rings. The van der Waals surface area contributed by atoms with E-state index in [2.05, 4.69) is 23.8 Å². The standard InChI is InChI=1S/C21H25FN4O/c1-4-25-11-9-21(3,10-12-25)17-13-18(27)26-20(23-17)19(14(2)24-26)15-5-7-16(22)8-6-15/h5-8,13,24H,4,9-12H2,1-3H3. The van der Waals surface area contributed by atoms with Gasteiger partial charge in [-0.15, -0.1) is 0 Å². The van der Waals surface area contributed by atoms with Crippen molar-refractivity contribution in [2.45, 2.75) is 39.0 Å². The van der Waals surface area contributed by atoms with E-state index in [1.165, 1.54) is 16.6 Å². The Morgan fingerprint density at radius 1 is 1.22 bits per heavy atom. The minimum atomic E-state index is -0.280. The number of likely N-dealkylation sites (tertiary alicyclic amines) is 1. The van der Waals surface area contributed by atoms with Gasteiger partial charge in [-0.1, -0.05) is 26.0 Å². The number of hydrogen-bond donors (Lipinski definition) is 1. The van der Waals surface area contributed by atoms with Crippen molar-refractivity contribution >= 4 is 5.65 Å². The predicted molar refractivity (Wildman–Crippen MR) is 105 cm³/mol. The Balaban J connectivity index is 1.84. The van der Waals surface area contributed by atoms with Crippen LogP contribution in [-0.4, -0.2) is 39.1 Å². The summed E-state index contributed by atoms with van der Waals surface area (Å²) >= 11 is 0. The first-order valence-corrected chi connectivity index (χ1v) is 9.52. The molecule has 0 bridgehead atoms. The Hall–Kier alpha value is -2.47. The fraction of sp³-hybridized carbons (Fsp3) is 0.429. The average molecular weight is 368 g/mol. The number of benzene rings is 1. The second kappa shape index (κ2) is 6.60. The van der Waals surface area contributed by atoms with Crippen LogP contribution in [0.3, 0.4) is 0 Å². The first kappa shape index (κ1) is 17.9. The maximum absolute atomic E-state index is 13.3. The third-order valence-electron chi connectivity index (χ3n) is 5.95. The lowest BCUT2D eigenvalue weighted by Crippen LogP contribution is -2.41. The molecule has 1 aliphatic rings. The number of aromatic nitrogens is 3. The molecule has 6 heteroatoms. The Morgan fingerprint density at radius 2 is 1.89 bits per heavy atom. The van der Waals surface area contributed by atoms with Crippen LogP contribution >= 0.6 is 0 Å². The molecule has 0 unspecified atom stereocenters. The predicted octanol–water partition coefficient (Wildman–Crippen LogP) is 3.51. The van der Waals surface area contributed by atoms with Gasteiger partial charge in [0, 0.05) is 22.7 Å². The van der Waals surface area contributed by atoms with Crippen LogP contribution < -0.4 is 5.56 Å². The summed E-state index contributed by atoms with van der Waals surface area (Å²) in [5.41, 5.74) is 3.79. The monoisotopic (exact) mass is 368 g/mol. The van der Waals surface area contributed by atoms with Gasteiger partial charge >= 0.3 is 0 Å². The summed E-state index contributed by atoms with van der Waals surface area (Å²) in [6, 6.07) is 7.99. The van der Waals surface area contributed by atoms with Gasteiger partial charge in [-0.3, -0.25) is 9.89 Å². The molecule has 0 saturated carbocycles. The van der Waals surface area contributed by atoms with Gasteiger partial charge in [-0.05, 0) is 57.1 Å². The van der Waals surface area contributed by atoms with Gasteiger partial charge in [-0.2, -0.15) is 0 Å². The average Bonchev–Trinajstić information content (AvgIpc) is 3.00. The highest BCUT2D eigenvalue weighted by Gasteiger charge is 2.33. The summed E-state index contributed by atoms with van der Waals surface area (Å²) < 4.78 is 14.8. The van der Waals surface area contributed by atoms with Crippen molar-refractivity contribution in [1.82, 2.24) is 19.5 Å². The van der Waals surface area contributed by atoms with Crippen LogP contribution in [0.1, 0.15) is 38.1 Å². The van der Waals surface area contributed by atoms with E-state index in [0.29, 0.717) is 5.65 Å². The second-order valence-electron chi connectivity index (χ2n) is 7.75. The van der Waals surface area contributed by atoms with E-state index in [1.807, 2.05) is 6.92 Å². The summed E-state index contributed by atoms with van der Waals surface area (Å²) in [4.78, 5) is 20.1. The number of fused-ring (bicyclic) bond motifs is 1.